The first-order valence-electron chi connectivity index (χ1n) is 13.2. The van der Waals surface area contributed by atoms with Crippen molar-refractivity contribution in [3.63, 3.8) is 0 Å². The first-order valence-corrected chi connectivity index (χ1v) is 13.2. The summed E-state index contributed by atoms with van der Waals surface area (Å²) in [7, 11) is 0. The molecule has 208 valence electrons. The minimum atomic E-state index is -1.12. The lowest BCUT2D eigenvalue weighted by Crippen LogP contribution is -2.69. The quantitative estimate of drug-likeness (QED) is 0.233. The summed E-state index contributed by atoms with van der Waals surface area (Å²) in [6.07, 6.45) is 7.56. The van der Waals surface area contributed by atoms with Crippen molar-refractivity contribution in [3.8, 4) is 0 Å². The van der Waals surface area contributed by atoms with Crippen LogP contribution in [0.2, 0.25) is 0 Å². The predicted octanol–water partition coefficient (Wildman–Crippen LogP) is 0.827. The van der Waals surface area contributed by atoms with Crippen LogP contribution in [0.5, 0.6) is 0 Å². The van der Waals surface area contributed by atoms with Gasteiger partial charge in [-0.3, -0.25) is 29.5 Å². The molecule has 4 amide bonds. The van der Waals surface area contributed by atoms with Gasteiger partial charge in [-0.1, -0.05) is 65.3 Å². The van der Waals surface area contributed by atoms with Crippen molar-refractivity contribution in [2.24, 2.45) is 11.5 Å². The van der Waals surface area contributed by atoms with E-state index in [1.54, 1.807) is 30.6 Å². The molecular weight excluding hydrogens is 498 g/mol. The van der Waals surface area contributed by atoms with E-state index in [-0.39, 0.29) is 19.0 Å². The molecule has 2 atom stereocenters. The lowest BCUT2D eigenvalue weighted by Gasteiger charge is -2.39. The molecule has 3 rings (SSSR count). The maximum Gasteiger partial charge on any atom is 0.298 e. The van der Waals surface area contributed by atoms with Gasteiger partial charge >= 0.3 is 0 Å². The summed E-state index contributed by atoms with van der Waals surface area (Å²) in [5.74, 6) is -2.77. The second-order valence-electron chi connectivity index (χ2n) is 9.81. The van der Waals surface area contributed by atoms with Crippen molar-refractivity contribution < 1.29 is 23.9 Å². The van der Waals surface area contributed by atoms with Crippen LogP contribution in [0.3, 0.4) is 0 Å². The van der Waals surface area contributed by atoms with Gasteiger partial charge in [0.1, 0.15) is 12.6 Å². The van der Waals surface area contributed by atoms with Gasteiger partial charge in [-0.05, 0) is 25.3 Å². The van der Waals surface area contributed by atoms with Crippen LogP contribution in [0.4, 0.5) is 0 Å². The van der Waals surface area contributed by atoms with E-state index in [2.05, 4.69) is 0 Å². The topological polar surface area (TPSA) is 158 Å². The maximum atomic E-state index is 14.3. The predicted molar refractivity (Wildman–Crippen MR) is 145 cm³/mol. The van der Waals surface area contributed by atoms with Gasteiger partial charge in [0, 0.05) is 31.5 Å². The molecule has 1 aliphatic carbocycles. The van der Waals surface area contributed by atoms with Crippen molar-refractivity contribution in [3.05, 3.63) is 66.5 Å². The van der Waals surface area contributed by atoms with Crippen molar-refractivity contribution >= 4 is 29.6 Å². The molecule has 0 radical (unpaired) electrons. The fourth-order valence-corrected chi connectivity index (χ4v) is 5.07. The fraction of sp³-hybridized carbons (Fsp3) is 0.429. The molecule has 0 unspecified atom stereocenters. The summed E-state index contributed by atoms with van der Waals surface area (Å²) in [5.41, 5.74) is 12.2. The number of hydrogen-bond donors (Lipinski definition) is 3. The van der Waals surface area contributed by atoms with Crippen LogP contribution in [0.15, 0.2) is 60.9 Å². The number of aromatic nitrogens is 1. The largest absolute Gasteiger partial charge is 0.370 e. The molecular formula is C28H38N7O4+. The Labute approximate surface area is 228 Å². The van der Waals surface area contributed by atoms with Crippen molar-refractivity contribution in [1.82, 2.24) is 9.80 Å². The number of rotatable bonds is 10. The number of guanidine groups is 1. The SMILES string of the molecule is CC(=O)N(C(=N)N)[C@@H](Cc1ccccc1)C(=O)N(CC(=O)N([C@@H](C)C(N)=O)[n+]1ccccc1)C1CCCCC1. The Morgan fingerprint density at radius 2 is 1.56 bits per heavy atom. The Hall–Kier alpha value is -4.28. The lowest BCUT2D eigenvalue weighted by atomic mass is 9.93. The molecule has 1 aromatic heterocycles. The summed E-state index contributed by atoms with van der Waals surface area (Å²) in [5, 5.41) is 9.29. The summed E-state index contributed by atoms with van der Waals surface area (Å²) >= 11 is 0. The normalized spacial score (nSPS) is 15.0. The van der Waals surface area contributed by atoms with Gasteiger partial charge in [0.15, 0.2) is 24.4 Å². The van der Waals surface area contributed by atoms with Gasteiger partial charge in [0.25, 0.3) is 5.91 Å². The highest BCUT2D eigenvalue weighted by Gasteiger charge is 2.40. The second kappa shape index (κ2) is 13.5. The Morgan fingerprint density at radius 1 is 0.974 bits per heavy atom. The Kier molecular flexibility index (Phi) is 10.1. The minimum Gasteiger partial charge on any atom is -0.370 e. The van der Waals surface area contributed by atoms with Gasteiger partial charge < -0.3 is 16.4 Å². The van der Waals surface area contributed by atoms with Crippen LogP contribution in [-0.4, -0.2) is 64.1 Å². The number of hydrogen-bond acceptors (Lipinski definition) is 5. The second-order valence-corrected chi connectivity index (χ2v) is 9.81. The van der Waals surface area contributed by atoms with Gasteiger partial charge in [-0.2, -0.15) is 0 Å². The fourth-order valence-electron chi connectivity index (χ4n) is 5.07. The van der Waals surface area contributed by atoms with Gasteiger partial charge in [0.05, 0.1) is 0 Å². The summed E-state index contributed by atoms with van der Waals surface area (Å²) in [6.45, 7) is 2.45. The van der Waals surface area contributed by atoms with Gasteiger partial charge in [-0.25, -0.2) is 0 Å². The van der Waals surface area contributed by atoms with Crippen LogP contribution in [0.25, 0.3) is 0 Å². The standard InChI is InChI=1S/C28H37N7O4/c1-20(26(29)38)35(32-16-10-5-11-17-32)25(37)19-33(23-14-8-4-9-15-23)27(39)24(34(21(2)36)28(30)31)18-22-12-6-3-7-13-22/h3,5-7,10-13,16-17,20,23-24H,4,8-9,14-15,18-19H2,1-2H3,(H4-,29,30,31,38)/p+1/t20-,24-/m0/s1. The number of carbonyl (C=O) groups excluding carboxylic acids is 4. The van der Waals surface area contributed by atoms with E-state index in [1.165, 1.54) is 28.4 Å². The Balaban J connectivity index is 2.03. The van der Waals surface area contributed by atoms with Crippen LogP contribution in [-0.2, 0) is 25.6 Å². The Morgan fingerprint density at radius 3 is 2.10 bits per heavy atom. The molecule has 1 saturated carbocycles. The summed E-state index contributed by atoms with van der Waals surface area (Å²) in [6, 6.07) is 12.0. The van der Waals surface area contributed by atoms with E-state index >= 15 is 0 Å². The molecule has 0 spiro atoms. The highest BCUT2D eigenvalue weighted by molar-refractivity contribution is 6.01. The molecule has 2 aromatic rings. The molecule has 5 N–H and O–H groups in total. The van der Waals surface area contributed by atoms with E-state index < -0.39 is 41.7 Å². The molecule has 1 fully saturated rings. The van der Waals surface area contributed by atoms with E-state index in [4.69, 9.17) is 16.9 Å². The lowest BCUT2D eigenvalue weighted by molar-refractivity contribution is -0.685. The van der Waals surface area contributed by atoms with Crippen molar-refractivity contribution in [2.75, 3.05) is 11.6 Å². The molecule has 0 aliphatic heterocycles. The third-order valence-electron chi connectivity index (χ3n) is 7.05. The van der Waals surface area contributed by atoms with Crippen molar-refractivity contribution in [1.29, 1.82) is 5.41 Å². The molecule has 11 nitrogen and oxygen atoms in total. The number of nitrogens with two attached hydrogens (primary N) is 2. The van der Waals surface area contributed by atoms with Crippen molar-refractivity contribution in [2.45, 2.75) is 70.5 Å². The van der Waals surface area contributed by atoms with Crippen LogP contribution < -0.4 is 21.2 Å². The monoisotopic (exact) mass is 536 g/mol. The number of nitrogens with one attached hydrogen (secondary N) is 1. The number of benzene rings is 1. The minimum absolute atomic E-state index is 0.116. The van der Waals surface area contributed by atoms with Crippen LogP contribution in [0.1, 0.15) is 51.5 Å². The number of nitrogens with zero attached hydrogens (tertiary/aromatic N) is 4. The van der Waals surface area contributed by atoms with E-state index in [9.17, 15) is 19.2 Å². The molecule has 0 bridgehead atoms. The Bertz CT molecular complexity index is 1150. The zero-order chi connectivity index (χ0) is 28.5. The summed E-state index contributed by atoms with van der Waals surface area (Å²) in [4.78, 5) is 55.4. The number of amides is 4. The van der Waals surface area contributed by atoms with E-state index in [0.717, 1.165) is 29.7 Å². The molecule has 1 aromatic carbocycles. The first kappa shape index (κ1) is 29.3. The molecule has 1 aliphatic rings. The molecule has 11 heteroatoms. The van der Waals surface area contributed by atoms with E-state index in [0.29, 0.717) is 12.8 Å². The molecule has 39 heavy (non-hydrogen) atoms. The first-order chi connectivity index (χ1) is 18.6. The number of primary amides is 1. The average Bonchev–Trinajstić information content (AvgIpc) is 2.92. The third kappa shape index (κ3) is 7.40. The zero-order valence-corrected chi connectivity index (χ0v) is 22.5. The third-order valence-corrected chi connectivity index (χ3v) is 7.05. The van der Waals surface area contributed by atoms with E-state index in [1.807, 2.05) is 30.3 Å². The van der Waals surface area contributed by atoms with Gasteiger partial charge in [-0.15, -0.1) is 0 Å². The highest BCUT2D eigenvalue weighted by Crippen LogP contribution is 2.25. The number of pyridine rings is 1. The van der Waals surface area contributed by atoms with Gasteiger partial charge in [0.2, 0.25) is 17.7 Å². The van der Waals surface area contributed by atoms with Crippen LogP contribution >= 0.6 is 0 Å². The highest BCUT2D eigenvalue weighted by atomic mass is 16.2. The smallest absolute Gasteiger partial charge is 0.298 e. The number of carbonyl (C=O) groups is 4. The average molecular weight is 537 g/mol. The summed E-state index contributed by atoms with van der Waals surface area (Å²) < 4.78 is 1.47. The maximum absolute atomic E-state index is 14.3. The molecule has 1 heterocycles. The van der Waals surface area contributed by atoms with Crippen LogP contribution in [0, 0.1) is 5.41 Å². The zero-order valence-electron chi connectivity index (χ0n) is 22.5. The molecule has 0 saturated heterocycles.